The highest BCUT2D eigenvalue weighted by Gasteiger charge is 2.14. The lowest BCUT2D eigenvalue weighted by Crippen LogP contribution is -2.25. The van der Waals surface area contributed by atoms with Crippen LogP contribution in [0.2, 0.25) is 10.0 Å². The standard InChI is InChI=1S/C24H20Cl2N2O2/c1-27(2)17-9-7-16(8-10-17)18-4-3-5-22-19(18)13-23(24(29)30)28(22)14-15-6-11-20(25)21(26)12-15/h3-13H,14H2,1-2H3,(H,29,30)/p-1. The van der Waals surface area contributed by atoms with Crippen LogP contribution in [0.25, 0.3) is 22.0 Å². The van der Waals surface area contributed by atoms with Crippen molar-refractivity contribution in [2.24, 2.45) is 0 Å². The van der Waals surface area contributed by atoms with Gasteiger partial charge in [0.05, 0.1) is 21.7 Å². The second-order valence-corrected chi connectivity index (χ2v) is 8.15. The van der Waals surface area contributed by atoms with E-state index in [-0.39, 0.29) is 5.69 Å². The maximum atomic E-state index is 11.9. The molecule has 0 amide bonds. The summed E-state index contributed by atoms with van der Waals surface area (Å²) in [5.41, 5.74) is 4.86. The molecular weight excluding hydrogens is 419 g/mol. The van der Waals surface area contributed by atoms with E-state index in [2.05, 4.69) is 0 Å². The topological polar surface area (TPSA) is 48.3 Å². The van der Waals surface area contributed by atoms with Crippen LogP contribution in [0.4, 0.5) is 5.69 Å². The van der Waals surface area contributed by atoms with Crippen molar-refractivity contribution in [1.82, 2.24) is 4.57 Å². The Morgan fingerprint density at radius 1 is 0.967 bits per heavy atom. The van der Waals surface area contributed by atoms with Crippen LogP contribution in [0.15, 0.2) is 66.7 Å². The van der Waals surface area contributed by atoms with Crippen LogP contribution in [-0.4, -0.2) is 24.6 Å². The minimum absolute atomic E-state index is 0.119. The highest BCUT2D eigenvalue weighted by Crippen LogP contribution is 2.33. The van der Waals surface area contributed by atoms with Gasteiger partial charge in [-0.3, -0.25) is 0 Å². The van der Waals surface area contributed by atoms with Crippen LogP contribution < -0.4 is 10.0 Å². The fourth-order valence-corrected chi connectivity index (χ4v) is 3.96. The molecule has 6 heteroatoms. The number of anilines is 1. The molecule has 0 aliphatic carbocycles. The van der Waals surface area contributed by atoms with E-state index < -0.39 is 5.97 Å². The number of aromatic nitrogens is 1. The van der Waals surface area contributed by atoms with Gasteiger partial charge in [-0.05, 0) is 53.1 Å². The first-order chi connectivity index (χ1) is 14.3. The van der Waals surface area contributed by atoms with Crippen molar-refractivity contribution in [2.75, 3.05) is 19.0 Å². The van der Waals surface area contributed by atoms with Crippen molar-refractivity contribution in [2.45, 2.75) is 6.54 Å². The Labute approximate surface area is 184 Å². The van der Waals surface area contributed by atoms with Crippen LogP contribution in [-0.2, 0) is 6.54 Å². The highest BCUT2D eigenvalue weighted by molar-refractivity contribution is 6.42. The summed E-state index contributed by atoms with van der Waals surface area (Å²) in [7, 11) is 3.98. The second-order valence-electron chi connectivity index (χ2n) is 7.33. The number of carbonyl (C=O) groups excluding carboxylic acids is 1. The molecule has 0 atom stereocenters. The summed E-state index contributed by atoms with van der Waals surface area (Å²) < 4.78 is 1.74. The maximum Gasteiger partial charge on any atom is 0.0880 e. The molecule has 0 aliphatic heterocycles. The lowest BCUT2D eigenvalue weighted by molar-refractivity contribution is -0.255. The van der Waals surface area contributed by atoms with Gasteiger partial charge in [0.1, 0.15) is 0 Å². The van der Waals surface area contributed by atoms with Crippen LogP contribution in [0.1, 0.15) is 16.1 Å². The van der Waals surface area contributed by atoms with Crippen LogP contribution in [0, 0.1) is 0 Å². The zero-order valence-electron chi connectivity index (χ0n) is 16.5. The average molecular weight is 438 g/mol. The van der Waals surface area contributed by atoms with Gasteiger partial charge in [-0.1, -0.05) is 53.5 Å². The third kappa shape index (κ3) is 3.76. The predicted octanol–water partition coefficient (Wildman–Crippen LogP) is 5.09. The van der Waals surface area contributed by atoms with Crippen LogP contribution in [0.5, 0.6) is 0 Å². The van der Waals surface area contributed by atoms with Crippen molar-refractivity contribution in [3.05, 3.63) is 88.0 Å². The number of benzene rings is 3. The lowest BCUT2D eigenvalue weighted by atomic mass is 10.0. The minimum Gasteiger partial charge on any atom is -0.543 e. The normalized spacial score (nSPS) is 11.1. The summed E-state index contributed by atoms with van der Waals surface area (Å²) in [4.78, 5) is 13.9. The molecule has 0 radical (unpaired) electrons. The third-order valence-corrected chi connectivity index (χ3v) is 5.91. The summed E-state index contributed by atoms with van der Waals surface area (Å²) in [6.45, 7) is 0.340. The van der Waals surface area contributed by atoms with Crippen LogP contribution in [0.3, 0.4) is 0 Å². The van der Waals surface area contributed by atoms with Crippen molar-refractivity contribution >= 4 is 45.8 Å². The van der Waals surface area contributed by atoms with Gasteiger partial charge in [0.15, 0.2) is 0 Å². The summed E-state index contributed by atoms with van der Waals surface area (Å²) in [5, 5.41) is 13.6. The fourth-order valence-electron chi connectivity index (χ4n) is 3.64. The Morgan fingerprint density at radius 3 is 2.33 bits per heavy atom. The van der Waals surface area contributed by atoms with Gasteiger partial charge in [0.2, 0.25) is 0 Å². The summed E-state index contributed by atoms with van der Waals surface area (Å²) >= 11 is 12.2. The first-order valence-corrected chi connectivity index (χ1v) is 10.2. The fraction of sp³-hybridized carbons (Fsp3) is 0.125. The molecule has 0 aliphatic rings. The average Bonchev–Trinajstić information content (AvgIpc) is 3.10. The molecule has 0 spiro atoms. The van der Waals surface area contributed by atoms with Crippen molar-refractivity contribution in [3.63, 3.8) is 0 Å². The van der Waals surface area contributed by atoms with Gasteiger partial charge in [0, 0.05) is 37.2 Å². The molecule has 4 nitrogen and oxygen atoms in total. The Kier molecular flexibility index (Phi) is 5.46. The van der Waals surface area contributed by atoms with Gasteiger partial charge in [-0.25, -0.2) is 0 Å². The van der Waals surface area contributed by atoms with E-state index >= 15 is 0 Å². The van der Waals surface area contributed by atoms with E-state index in [9.17, 15) is 9.90 Å². The molecule has 1 heterocycles. The van der Waals surface area contributed by atoms with E-state index in [1.165, 1.54) is 0 Å². The number of halogens is 2. The van der Waals surface area contributed by atoms with E-state index in [0.717, 1.165) is 33.3 Å². The molecule has 0 bridgehead atoms. The van der Waals surface area contributed by atoms with Crippen molar-refractivity contribution in [3.8, 4) is 11.1 Å². The lowest BCUT2D eigenvalue weighted by Gasteiger charge is -2.14. The molecule has 4 aromatic rings. The van der Waals surface area contributed by atoms with E-state index in [4.69, 9.17) is 23.2 Å². The first-order valence-electron chi connectivity index (χ1n) is 9.40. The van der Waals surface area contributed by atoms with Crippen molar-refractivity contribution < 1.29 is 9.90 Å². The molecule has 0 unspecified atom stereocenters. The highest BCUT2D eigenvalue weighted by atomic mass is 35.5. The van der Waals surface area contributed by atoms with E-state index in [0.29, 0.717) is 16.6 Å². The number of hydrogen-bond acceptors (Lipinski definition) is 3. The number of hydrogen-bond donors (Lipinski definition) is 0. The summed E-state index contributed by atoms with van der Waals surface area (Å²) in [5.74, 6) is -1.22. The third-order valence-electron chi connectivity index (χ3n) is 5.17. The zero-order chi connectivity index (χ0) is 21.4. The monoisotopic (exact) mass is 437 g/mol. The SMILES string of the molecule is CN(C)c1ccc(-c2cccc3c2cc(C(=O)[O-])n3Cc2ccc(Cl)c(Cl)c2)cc1. The van der Waals surface area contributed by atoms with Gasteiger partial charge in [-0.15, -0.1) is 0 Å². The van der Waals surface area contributed by atoms with Crippen LogP contribution >= 0.6 is 23.2 Å². The Hall–Kier alpha value is -2.95. The molecule has 1 aromatic heterocycles. The Bertz CT molecular complexity index is 1240. The minimum atomic E-state index is -1.22. The molecule has 152 valence electrons. The number of rotatable bonds is 5. The molecule has 0 N–H and O–H groups in total. The number of carbonyl (C=O) groups is 1. The van der Waals surface area contributed by atoms with Crippen molar-refractivity contribution in [1.29, 1.82) is 0 Å². The van der Waals surface area contributed by atoms with Gasteiger partial charge in [0.25, 0.3) is 0 Å². The molecule has 0 saturated heterocycles. The molecule has 0 saturated carbocycles. The maximum absolute atomic E-state index is 11.9. The van der Waals surface area contributed by atoms with Gasteiger partial charge in [-0.2, -0.15) is 0 Å². The largest absolute Gasteiger partial charge is 0.543 e. The molecule has 3 aromatic carbocycles. The quantitative estimate of drug-likeness (QED) is 0.436. The Balaban J connectivity index is 1.85. The van der Waals surface area contributed by atoms with Gasteiger partial charge < -0.3 is 19.4 Å². The zero-order valence-corrected chi connectivity index (χ0v) is 18.0. The molecule has 4 rings (SSSR count). The van der Waals surface area contributed by atoms with E-state index in [1.807, 2.05) is 67.5 Å². The second kappa shape index (κ2) is 8.05. The smallest absolute Gasteiger partial charge is 0.0880 e. The number of fused-ring (bicyclic) bond motifs is 1. The number of carboxylic acids is 1. The van der Waals surface area contributed by atoms with E-state index in [1.54, 1.807) is 22.8 Å². The summed E-state index contributed by atoms with van der Waals surface area (Å²) in [6, 6.07) is 21.0. The molecule has 0 fully saturated rings. The Morgan fingerprint density at radius 2 is 1.70 bits per heavy atom. The summed E-state index contributed by atoms with van der Waals surface area (Å²) in [6.07, 6.45) is 0. The number of carboxylic acid groups (broad SMARTS) is 1. The van der Waals surface area contributed by atoms with Gasteiger partial charge >= 0.3 is 0 Å². The predicted molar refractivity (Wildman–Crippen MR) is 122 cm³/mol. The number of aromatic carboxylic acids is 1. The molecular formula is C24H19Cl2N2O2-. The molecule has 30 heavy (non-hydrogen) atoms. The number of nitrogens with zero attached hydrogens (tertiary/aromatic N) is 2. The first kappa shape index (κ1) is 20.3.